The molecule has 0 fully saturated rings. The van der Waals surface area contributed by atoms with Gasteiger partial charge in [0.25, 0.3) is 5.91 Å². The number of halogens is 1. The third-order valence-corrected chi connectivity index (χ3v) is 5.00. The van der Waals surface area contributed by atoms with Gasteiger partial charge < -0.3 is 14.8 Å². The Labute approximate surface area is 167 Å². The topological polar surface area (TPSA) is 60.5 Å². The Morgan fingerprint density at radius 2 is 1.82 bits per heavy atom. The van der Waals surface area contributed by atoms with Crippen LogP contribution in [0.4, 0.5) is 4.39 Å². The van der Waals surface area contributed by atoms with Gasteiger partial charge in [0.05, 0.1) is 12.8 Å². The molecule has 1 unspecified atom stereocenters. The highest BCUT2D eigenvalue weighted by atomic mass is 32.1. The molecule has 0 aliphatic heterocycles. The van der Waals surface area contributed by atoms with Gasteiger partial charge in [-0.3, -0.25) is 4.79 Å². The maximum absolute atomic E-state index is 12.9. The average Bonchev–Trinajstić information content (AvgIpc) is 3.18. The number of aromatic nitrogens is 1. The Balaban J connectivity index is 1.47. The van der Waals surface area contributed by atoms with E-state index in [4.69, 9.17) is 9.47 Å². The van der Waals surface area contributed by atoms with E-state index >= 15 is 0 Å². The van der Waals surface area contributed by atoms with Crippen LogP contribution >= 0.6 is 11.3 Å². The number of methoxy groups -OCH3 is 1. The van der Waals surface area contributed by atoms with Crippen LogP contribution in [0.2, 0.25) is 0 Å². The van der Waals surface area contributed by atoms with Crippen LogP contribution in [0.5, 0.6) is 11.5 Å². The quantitative estimate of drug-likeness (QED) is 0.619. The molecule has 0 saturated carbocycles. The van der Waals surface area contributed by atoms with E-state index in [0.29, 0.717) is 18.7 Å². The van der Waals surface area contributed by atoms with Crippen molar-refractivity contribution < 1.29 is 18.7 Å². The Bertz CT molecular complexity index is 910. The molecular formula is C21H21FN2O3S. The predicted molar refractivity (Wildman–Crippen MR) is 107 cm³/mol. The number of hydrogen-bond acceptors (Lipinski definition) is 5. The zero-order valence-electron chi connectivity index (χ0n) is 15.6. The van der Waals surface area contributed by atoms with Crippen molar-refractivity contribution in [1.82, 2.24) is 10.3 Å². The smallest absolute Gasteiger partial charge is 0.260 e. The number of carbonyl (C=O) groups excluding carboxylic acids is 1. The summed E-state index contributed by atoms with van der Waals surface area (Å²) in [6.07, 6.45) is -0.0439. The van der Waals surface area contributed by atoms with Gasteiger partial charge in [-0.15, -0.1) is 11.3 Å². The van der Waals surface area contributed by atoms with E-state index < -0.39 is 6.10 Å². The third-order valence-electron chi connectivity index (χ3n) is 4.06. The van der Waals surface area contributed by atoms with Gasteiger partial charge in [-0.1, -0.05) is 0 Å². The summed E-state index contributed by atoms with van der Waals surface area (Å²) < 4.78 is 23.6. The SMILES string of the molecule is COc1ccc(-c2nc(CCNC(=O)C(C)Oc3ccc(F)cc3)cs2)cc1. The van der Waals surface area contributed by atoms with Crippen LogP contribution < -0.4 is 14.8 Å². The molecule has 3 rings (SSSR count). The first-order chi connectivity index (χ1) is 13.5. The molecule has 0 saturated heterocycles. The Morgan fingerprint density at radius 1 is 1.14 bits per heavy atom. The summed E-state index contributed by atoms with van der Waals surface area (Å²) in [5, 5.41) is 5.75. The van der Waals surface area contributed by atoms with Crippen molar-refractivity contribution in [3.63, 3.8) is 0 Å². The van der Waals surface area contributed by atoms with Crippen LogP contribution in [0.25, 0.3) is 10.6 Å². The Hall–Kier alpha value is -2.93. The molecule has 1 heterocycles. The number of thiazole rings is 1. The van der Waals surface area contributed by atoms with Crippen molar-refractivity contribution in [1.29, 1.82) is 0 Å². The van der Waals surface area contributed by atoms with Crippen molar-refractivity contribution in [2.45, 2.75) is 19.4 Å². The fourth-order valence-corrected chi connectivity index (χ4v) is 3.38. The van der Waals surface area contributed by atoms with E-state index in [-0.39, 0.29) is 11.7 Å². The lowest BCUT2D eigenvalue weighted by Gasteiger charge is -2.14. The minimum atomic E-state index is -0.671. The van der Waals surface area contributed by atoms with Gasteiger partial charge in [0.1, 0.15) is 22.3 Å². The molecule has 2 aromatic carbocycles. The zero-order valence-corrected chi connectivity index (χ0v) is 16.5. The number of nitrogens with zero attached hydrogens (tertiary/aromatic N) is 1. The third kappa shape index (κ3) is 5.29. The van der Waals surface area contributed by atoms with Gasteiger partial charge >= 0.3 is 0 Å². The molecule has 3 aromatic rings. The second kappa shape index (κ2) is 9.32. The fourth-order valence-electron chi connectivity index (χ4n) is 2.52. The van der Waals surface area contributed by atoms with Gasteiger partial charge in [-0.05, 0) is 55.5 Å². The van der Waals surface area contributed by atoms with Gasteiger partial charge in [-0.2, -0.15) is 0 Å². The van der Waals surface area contributed by atoms with Gasteiger partial charge in [0.2, 0.25) is 0 Å². The molecule has 5 nitrogen and oxygen atoms in total. The van der Waals surface area contributed by atoms with Gasteiger partial charge in [0, 0.05) is 23.9 Å². The largest absolute Gasteiger partial charge is 0.497 e. The van der Waals surface area contributed by atoms with Crippen LogP contribution in [0.1, 0.15) is 12.6 Å². The molecule has 0 spiro atoms. The molecule has 1 N–H and O–H groups in total. The highest BCUT2D eigenvalue weighted by Gasteiger charge is 2.14. The molecule has 28 heavy (non-hydrogen) atoms. The van der Waals surface area contributed by atoms with Gasteiger partial charge in [-0.25, -0.2) is 9.37 Å². The second-order valence-electron chi connectivity index (χ2n) is 6.13. The number of hydrogen-bond donors (Lipinski definition) is 1. The molecule has 0 radical (unpaired) electrons. The summed E-state index contributed by atoms with van der Waals surface area (Å²) in [5.41, 5.74) is 1.95. The minimum Gasteiger partial charge on any atom is -0.497 e. The summed E-state index contributed by atoms with van der Waals surface area (Å²) in [7, 11) is 1.64. The van der Waals surface area contributed by atoms with Crippen molar-refractivity contribution >= 4 is 17.2 Å². The molecular weight excluding hydrogens is 379 g/mol. The summed E-state index contributed by atoms with van der Waals surface area (Å²) in [6.45, 7) is 2.12. The standard InChI is InChI=1S/C21H21FN2O3S/c1-14(27-19-9-5-16(22)6-10-19)20(25)23-12-11-17-13-28-21(24-17)15-3-7-18(26-2)8-4-15/h3-10,13-14H,11-12H2,1-2H3,(H,23,25). The van der Waals surface area contributed by atoms with Crippen molar-refractivity contribution in [3.8, 4) is 22.1 Å². The molecule has 1 amide bonds. The molecule has 0 aliphatic carbocycles. The van der Waals surface area contributed by atoms with E-state index in [1.165, 1.54) is 24.3 Å². The van der Waals surface area contributed by atoms with E-state index in [1.54, 1.807) is 25.4 Å². The summed E-state index contributed by atoms with van der Waals surface area (Å²) in [5.74, 6) is 0.685. The molecule has 0 aliphatic rings. The Morgan fingerprint density at radius 3 is 2.50 bits per heavy atom. The highest BCUT2D eigenvalue weighted by molar-refractivity contribution is 7.13. The van der Waals surface area contributed by atoms with E-state index in [9.17, 15) is 9.18 Å². The summed E-state index contributed by atoms with van der Waals surface area (Å²) in [4.78, 5) is 16.8. The maximum atomic E-state index is 12.9. The maximum Gasteiger partial charge on any atom is 0.260 e. The number of ether oxygens (including phenoxy) is 2. The highest BCUT2D eigenvalue weighted by Crippen LogP contribution is 2.25. The average molecular weight is 400 g/mol. The zero-order chi connectivity index (χ0) is 19.9. The fraction of sp³-hybridized carbons (Fsp3) is 0.238. The predicted octanol–water partition coefficient (Wildman–Crippen LogP) is 4.08. The van der Waals surface area contributed by atoms with Crippen molar-refractivity contribution in [2.24, 2.45) is 0 Å². The van der Waals surface area contributed by atoms with Crippen LogP contribution in [0.3, 0.4) is 0 Å². The first-order valence-corrected chi connectivity index (χ1v) is 9.72. The van der Waals surface area contributed by atoms with E-state index in [2.05, 4.69) is 10.3 Å². The van der Waals surface area contributed by atoms with E-state index in [1.807, 2.05) is 29.6 Å². The minimum absolute atomic E-state index is 0.227. The molecule has 146 valence electrons. The first kappa shape index (κ1) is 19.8. The first-order valence-electron chi connectivity index (χ1n) is 8.84. The summed E-state index contributed by atoms with van der Waals surface area (Å²) in [6, 6.07) is 13.3. The van der Waals surface area contributed by atoms with Crippen LogP contribution in [-0.4, -0.2) is 30.6 Å². The Kier molecular flexibility index (Phi) is 6.60. The molecule has 1 aromatic heterocycles. The monoisotopic (exact) mass is 400 g/mol. The van der Waals surface area contributed by atoms with Gasteiger partial charge in [0.15, 0.2) is 6.10 Å². The lowest BCUT2D eigenvalue weighted by Crippen LogP contribution is -2.37. The van der Waals surface area contributed by atoms with Crippen LogP contribution in [0.15, 0.2) is 53.9 Å². The number of rotatable bonds is 8. The molecule has 7 heteroatoms. The second-order valence-corrected chi connectivity index (χ2v) is 6.99. The number of benzene rings is 2. The lowest BCUT2D eigenvalue weighted by atomic mass is 10.2. The number of carbonyl (C=O) groups is 1. The van der Waals surface area contributed by atoms with Crippen molar-refractivity contribution in [2.75, 3.05) is 13.7 Å². The normalized spacial score (nSPS) is 11.7. The molecule has 0 bridgehead atoms. The van der Waals surface area contributed by atoms with Crippen LogP contribution in [0, 0.1) is 5.82 Å². The lowest BCUT2D eigenvalue weighted by molar-refractivity contribution is -0.127. The van der Waals surface area contributed by atoms with Crippen LogP contribution in [-0.2, 0) is 11.2 Å². The number of amides is 1. The number of nitrogens with one attached hydrogen (secondary N) is 1. The van der Waals surface area contributed by atoms with E-state index in [0.717, 1.165) is 22.0 Å². The molecule has 1 atom stereocenters. The summed E-state index contributed by atoms with van der Waals surface area (Å²) >= 11 is 1.56. The van der Waals surface area contributed by atoms with Crippen molar-refractivity contribution in [3.05, 3.63) is 65.4 Å².